The second-order valence-corrected chi connectivity index (χ2v) is 9.87. The first-order valence-corrected chi connectivity index (χ1v) is 13.0. The van der Waals surface area contributed by atoms with Crippen LogP contribution in [0.25, 0.3) is 11.1 Å². The molecule has 0 aliphatic carbocycles. The number of hydrogen-bond donors (Lipinski definition) is 1. The molecule has 0 spiro atoms. The lowest BCUT2D eigenvalue weighted by atomic mass is 10.0. The molecule has 4 aromatic rings. The molecule has 2 heterocycles. The molecule has 0 radical (unpaired) electrons. The summed E-state index contributed by atoms with van der Waals surface area (Å²) in [5.74, 6) is -0.455. The van der Waals surface area contributed by atoms with Crippen molar-refractivity contribution in [2.75, 3.05) is 23.8 Å². The van der Waals surface area contributed by atoms with Crippen LogP contribution >= 0.6 is 11.6 Å². The number of aromatic nitrogens is 2. The van der Waals surface area contributed by atoms with Crippen LogP contribution in [-0.4, -0.2) is 38.7 Å². The highest BCUT2D eigenvalue weighted by molar-refractivity contribution is 7.92. The van der Waals surface area contributed by atoms with Gasteiger partial charge in [0, 0.05) is 30.3 Å². The predicted molar refractivity (Wildman–Crippen MR) is 139 cm³/mol. The van der Waals surface area contributed by atoms with E-state index in [9.17, 15) is 13.2 Å². The first-order valence-electron chi connectivity index (χ1n) is 11.1. The molecule has 38 heavy (non-hydrogen) atoms. The molecule has 1 N–H and O–H groups in total. The maximum Gasteiger partial charge on any atom is 0.264 e. The van der Waals surface area contributed by atoms with E-state index < -0.39 is 21.7 Å². The van der Waals surface area contributed by atoms with Crippen molar-refractivity contribution in [3.05, 3.63) is 71.8 Å². The fraction of sp³-hybridized carbons (Fsp3) is 0.160. The number of hydrogen-bond acceptors (Lipinski definition) is 8. The number of carbonyl (C=O) groups is 1. The van der Waals surface area contributed by atoms with Crippen molar-refractivity contribution in [3.8, 4) is 22.6 Å². The summed E-state index contributed by atoms with van der Waals surface area (Å²) in [6.45, 7) is 1.63. The molecule has 0 aliphatic heterocycles. The number of anilines is 3. The van der Waals surface area contributed by atoms with Gasteiger partial charge in [-0.15, -0.1) is 0 Å². The van der Waals surface area contributed by atoms with Gasteiger partial charge < -0.3 is 14.0 Å². The van der Waals surface area contributed by atoms with Crippen molar-refractivity contribution in [1.29, 1.82) is 0 Å². The van der Waals surface area contributed by atoms with Gasteiger partial charge in [0.1, 0.15) is 34.3 Å². The Hall–Kier alpha value is -4.16. The fourth-order valence-corrected chi connectivity index (χ4v) is 4.73. The fourth-order valence-electron chi connectivity index (χ4n) is 3.60. The molecular weight excluding hydrogens is 539 g/mol. The summed E-state index contributed by atoms with van der Waals surface area (Å²) < 4.78 is 58.3. The van der Waals surface area contributed by atoms with E-state index >= 15 is 4.39 Å². The molecule has 1 amide bonds. The predicted octanol–water partition coefficient (Wildman–Crippen LogP) is 5.42. The van der Waals surface area contributed by atoms with E-state index in [1.807, 2.05) is 0 Å². The highest BCUT2D eigenvalue weighted by Gasteiger charge is 2.25. The number of methoxy groups -OCH3 is 2. The summed E-state index contributed by atoms with van der Waals surface area (Å²) in [5.41, 5.74) is 0.761. The molecule has 0 saturated carbocycles. The minimum atomic E-state index is -4.02. The topological polar surface area (TPSA) is 124 Å². The first-order chi connectivity index (χ1) is 18.2. The summed E-state index contributed by atoms with van der Waals surface area (Å²) in [6.07, 6.45) is 2.34. The summed E-state index contributed by atoms with van der Waals surface area (Å²) in [4.78, 5) is 18.1. The van der Waals surface area contributed by atoms with E-state index in [1.165, 1.54) is 44.7 Å². The van der Waals surface area contributed by atoms with Crippen LogP contribution < -0.4 is 19.1 Å². The van der Waals surface area contributed by atoms with Crippen LogP contribution in [-0.2, 0) is 14.8 Å². The molecule has 2 aromatic carbocycles. The number of benzene rings is 2. The van der Waals surface area contributed by atoms with Crippen molar-refractivity contribution in [1.82, 2.24) is 10.1 Å². The Morgan fingerprint density at radius 2 is 1.87 bits per heavy atom. The Kier molecular flexibility index (Phi) is 7.83. The average Bonchev–Trinajstić information content (AvgIpc) is 3.42. The van der Waals surface area contributed by atoms with Gasteiger partial charge >= 0.3 is 0 Å². The SMILES string of the molecule is CCC(=O)N(c1ccc(S(=O)(=O)Nc2ccon2)cn1)c1cc(F)c(-c2ccc(Cl)c(OC)c2)cc1OC. The minimum absolute atomic E-state index is 0.00419. The molecule has 0 atom stereocenters. The lowest BCUT2D eigenvalue weighted by molar-refractivity contribution is -0.117. The molecule has 0 unspecified atom stereocenters. The van der Waals surface area contributed by atoms with E-state index in [-0.39, 0.29) is 40.0 Å². The molecule has 2 aromatic heterocycles. The Bertz CT molecular complexity index is 1560. The van der Waals surface area contributed by atoms with Crippen LogP contribution in [0.4, 0.5) is 21.7 Å². The van der Waals surface area contributed by atoms with Crippen LogP contribution in [0.5, 0.6) is 11.5 Å². The number of amides is 1. The van der Waals surface area contributed by atoms with Crippen LogP contribution in [0.3, 0.4) is 0 Å². The van der Waals surface area contributed by atoms with Gasteiger partial charge in [-0.25, -0.2) is 17.8 Å². The Balaban J connectivity index is 1.75. The second kappa shape index (κ2) is 11.1. The summed E-state index contributed by atoms with van der Waals surface area (Å²) in [5, 5.41) is 3.88. The van der Waals surface area contributed by atoms with Gasteiger partial charge in [0.05, 0.1) is 24.9 Å². The van der Waals surface area contributed by atoms with Gasteiger partial charge in [-0.2, -0.15) is 0 Å². The normalized spacial score (nSPS) is 11.2. The van der Waals surface area contributed by atoms with Gasteiger partial charge in [-0.05, 0) is 35.9 Å². The number of nitrogens with zero attached hydrogens (tertiary/aromatic N) is 3. The number of halogens is 2. The zero-order valence-electron chi connectivity index (χ0n) is 20.4. The lowest BCUT2D eigenvalue weighted by Gasteiger charge is -2.24. The number of nitrogens with one attached hydrogen (secondary N) is 1. The Morgan fingerprint density at radius 1 is 1.11 bits per heavy atom. The summed E-state index contributed by atoms with van der Waals surface area (Å²) in [6, 6.07) is 11.3. The number of rotatable bonds is 9. The quantitative estimate of drug-likeness (QED) is 0.288. The zero-order valence-corrected chi connectivity index (χ0v) is 22.0. The third kappa shape index (κ3) is 5.41. The summed E-state index contributed by atoms with van der Waals surface area (Å²) in [7, 11) is -1.19. The standard InChI is InChI=1S/C25H22ClFN4O6S/c1-4-25(32)31(24-8-6-16(14-28-24)38(33,34)30-23-9-10-37-29-23)20-13-19(27)17(12-22(20)36-3)15-5-7-18(26)21(11-15)35-2/h5-14H,4H2,1-3H3,(H,29,30). The van der Waals surface area contributed by atoms with Gasteiger partial charge in [-0.3, -0.25) is 14.4 Å². The van der Waals surface area contributed by atoms with Crippen molar-refractivity contribution in [2.24, 2.45) is 0 Å². The monoisotopic (exact) mass is 560 g/mol. The van der Waals surface area contributed by atoms with Crippen LogP contribution in [0.15, 0.2) is 70.4 Å². The van der Waals surface area contributed by atoms with Crippen LogP contribution in [0.1, 0.15) is 13.3 Å². The Labute approximate surface area is 223 Å². The molecule has 0 fully saturated rings. The third-order valence-corrected chi connectivity index (χ3v) is 7.11. The third-order valence-electron chi connectivity index (χ3n) is 5.46. The molecule has 0 saturated heterocycles. The smallest absolute Gasteiger partial charge is 0.264 e. The largest absolute Gasteiger partial charge is 0.495 e. The molecule has 0 aliphatic rings. The number of sulfonamides is 1. The first kappa shape index (κ1) is 26.9. The molecule has 198 valence electrons. The van der Waals surface area contributed by atoms with E-state index in [0.717, 1.165) is 17.2 Å². The molecule has 13 heteroatoms. The van der Waals surface area contributed by atoms with Crippen molar-refractivity contribution in [2.45, 2.75) is 18.2 Å². The maximum absolute atomic E-state index is 15.4. The van der Waals surface area contributed by atoms with E-state index in [1.54, 1.807) is 25.1 Å². The average molecular weight is 561 g/mol. The van der Waals surface area contributed by atoms with E-state index in [0.29, 0.717) is 16.3 Å². The maximum atomic E-state index is 15.4. The molecule has 4 rings (SSSR count). The number of ether oxygens (including phenoxy) is 2. The van der Waals surface area contributed by atoms with Gasteiger partial charge in [0.2, 0.25) is 5.91 Å². The lowest BCUT2D eigenvalue weighted by Crippen LogP contribution is -2.26. The van der Waals surface area contributed by atoms with Gasteiger partial charge in [0.25, 0.3) is 10.0 Å². The van der Waals surface area contributed by atoms with Crippen molar-refractivity contribution >= 4 is 44.9 Å². The minimum Gasteiger partial charge on any atom is -0.495 e. The van der Waals surface area contributed by atoms with Gasteiger partial charge in [0.15, 0.2) is 5.82 Å². The van der Waals surface area contributed by atoms with E-state index in [2.05, 4.69) is 19.4 Å². The number of pyridine rings is 1. The molecule has 10 nitrogen and oxygen atoms in total. The second-order valence-electron chi connectivity index (χ2n) is 7.78. The number of carbonyl (C=O) groups excluding carboxylic acids is 1. The van der Waals surface area contributed by atoms with Crippen LogP contribution in [0.2, 0.25) is 5.02 Å². The molecular formula is C25H22ClFN4O6S. The molecule has 0 bridgehead atoms. The Morgan fingerprint density at radius 3 is 2.47 bits per heavy atom. The van der Waals surface area contributed by atoms with Crippen molar-refractivity contribution < 1.29 is 31.6 Å². The summed E-state index contributed by atoms with van der Waals surface area (Å²) >= 11 is 6.10. The highest BCUT2D eigenvalue weighted by atomic mass is 35.5. The van der Waals surface area contributed by atoms with E-state index in [4.69, 9.17) is 21.1 Å². The van der Waals surface area contributed by atoms with Crippen molar-refractivity contribution in [3.63, 3.8) is 0 Å². The zero-order chi connectivity index (χ0) is 27.4. The highest BCUT2D eigenvalue weighted by Crippen LogP contribution is 2.40. The van der Waals surface area contributed by atoms with Crippen LogP contribution in [0, 0.1) is 5.82 Å². The van der Waals surface area contributed by atoms with Gasteiger partial charge in [-0.1, -0.05) is 29.7 Å².